The van der Waals surface area contributed by atoms with Gasteiger partial charge < -0.3 is 15.2 Å². The number of nitrogens with zero attached hydrogens (tertiary/aromatic N) is 2. The fraction of sp³-hybridized carbons (Fsp3) is 0.148. The van der Waals surface area contributed by atoms with Gasteiger partial charge in [0, 0.05) is 11.3 Å². The number of ketones is 1. The molecule has 0 aromatic heterocycles. The van der Waals surface area contributed by atoms with Crippen molar-refractivity contribution in [2.45, 2.75) is 10.8 Å². The number of para-hydroxylation sites is 1. The van der Waals surface area contributed by atoms with Gasteiger partial charge in [-0.15, -0.1) is 0 Å². The molecular formula is C27H21N3O4S2. The van der Waals surface area contributed by atoms with Crippen LogP contribution in [0.3, 0.4) is 0 Å². The second-order valence-corrected chi connectivity index (χ2v) is 10.5. The molecular weight excluding hydrogens is 494 g/mol. The summed E-state index contributed by atoms with van der Waals surface area (Å²) >= 11 is 2.76. The molecule has 1 spiro atoms. The summed E-state index contributed by atoms with van der Waals surface area (Å²) in [6.07, 6.45) is 2.05. The summed E-state index contributed by atoms with van der Waals surface area (Å²) < 4.78 is 7.12. The summed E-state index contributed by atoms with van der Waals surface area (Å²) in [5.74, 6) is 0.0708. The van der Waals surface area contributed by atoms with E-state index in [1.54, 1.807) is 16.4 Å². The monoisotopic (exact) mass is 515 g/mol. The molecule has 1 fully saturated rings. The Morgan fingerprint density at radius 3 is 2.67 bits per heavy atom. The molecule has 1 saturated heterocycles. The number of anilines is 1. The van der Waals surface area contributed by atoms with Gasteiger partial charge in [0.25, 0.3) is 5.91 Å². The highest BCUT2D eigenvalue weighted by Crippen LogP contribution is 2.52. The van der Waals surface area contributed by atoms with Crippen LogP contribution in [0.4, 0.5) is 5.69 Å². The number of nitrogens with one attached hydrogen (secondary N) is 1. The zero-order valence-corrected chi connectivity index (χ0v) is 20.8. The van der Waals surface area contributed by atoms with Crippen LogP contribution >= 0.6 is 23.7 Å². The molecule has 3 aromatic rings. The molecule has 3 aromatic carbocycles. The zero-order valence-electron chi connectivity index (χ0n) is 19.2. The minimum absolute atomic E-state index is 0.0575. The van der Waals surface area contributed by atoms with E-state index in [1.807, 2.05) is 66.7 Å². The van der Waals surface area contributed by atoms with Crippen LogP contribution in [0.25, 0.3) is 5.70 Å². The Kier molecular flexibility index (Phi) is 5.54. The maximum absolute atomic E-state index is 13.4. The number of Topliss-reactive ketones (excluding diaryl/α,β-unsaturated/α-hetero) is 1. The summed E-state index contributed by atoms with van der Waals surface area (Å²) in [6.45, 7) is 0. The number of carbonyl (C=O) groups is 2. The van der Waals surface area contributed by atoms with Gasteiger partial charge in [0.05, 0.1) is 23.8 Å². The molecule has 3 aliphatic heterocycles. The van der Waals surface area contributed by atoms with Gasteiger partial charge in [-0.05, 0) is 47.3 Å². The number of aromatic hydroxyl groups is 1. The molecule has 1 amide bonds. The first-order valence-corrected chi connectivity index (χ1v) is 13.1. The molecule has 0 bridgehead atoms. The Hall–Kier alpha value is -3.69. The van der Waals surface area contributed by atoms with E-state index in [0.717, 1.165) is 16.8 Å². The van der Waals surface area contributed by atoms with Gasteiger partial charge in [-0.1, -0.05) is 66.4 Å². The lowest BCUT2D eigenvalue weighted by molar-refractivity contribution is -0.133. The Labute approximate surface area is 216 Å². The van der Waals surface area contributed by atoms with Crippen LogP contribution in [-0.2, 0) is 15.1 Å². The van der Waals surface area contributed by atoms with E-state index in [9.17, 15) is 14.7 Å². The molecule has 3 heterocycles. The Morgan fingerprint density at radius 2 is 1.86 bits per heavy atom. The Balaban J connectivity index is 1.48. The second kappa shape index (κ2) is 8.76. The number of amidine groups is 1. The molecule has 0 aliphatic carbocycles. The van der Waals surface area contributed by atoms with Crippen LogP contribution in [0.2, 0.25) is 0 Å². The van der Waals surface area contributed by atoms with Crippen molar-refractivity contribution in [3.63, 3.8) is 0 Å². The van der Waals surface area contributed by atoms with Crippen molar-refractivity contribution in [2.75, 3.05) is 18.2 Å². The van der Waals surface area contributed by atoms with Crippen LogP contribution in [0.15, 0.2) is 83.9 Å². The average Bonchev–Trinajstić information content (AvgIpc) is 3.42. The number of aliphatic imine (C=N–C) groups is 1. The van der Waals surface area contributed by atoms with Crippen molar-refractivity contribution in [2.24, 2.45) is 4.99 Å². The van der Waals surface area contributed by atoms with Gasteiger partial charge in [0.1, 0.15) is 0 Å². The predicted octanol–water partition coefficient (Wildman–Crippen LogP) is 4.97. The number of rotatable bonds is 3. The van der Waals surface area contributed by atoms with Crippen molar-refractivity contribution in [1.29, 1.82) is 0 Å². The maximum Gasteiger partial charge on any atom is 0.263 e. The first-order valence-electron chi connectivity index (χ1n) is 11.3. The molecule has 9 heteroatoms. The minimum Gasteiger partial charge on any atom is -0.504 e. The number of hydrogen-bond donors (Lipinski definition) is 2. The van der Waals surface area contributed by atoms with Gasteiger partial charge in [-0.2, -0.15) is 0 Å². The first kappa shape index (κ1) is 22.8. The van der Waals surface area contributed by atoms with Crippen LogP contribution in [0.5, 0.6) is 11.5 Å². The smallest absolute Gasteiger partial charge is 0.263 e. The van der Waals surface area contributed by atoms with E-state index in [1.165, 1.54) is 30.8 Å². The third-order valence-corrected chi connectivity index (χ3v) is 8.82. The number of phenolic OH excluding ortho intramolecular Hbond substituents is 1. The van der Waals surface area contributed by atoms with E-state index in [2.05, 4.69) is 5.32 Å². The fourth-order valence-electron chi connectivity index (χ4n) is 4.71. The third-order valence-electron chi connectivity index (χ3n) is 6.46. The number of fused-ring (bicyclic) bond motifs is 2. The number of benzene rings is 3. The molecule has 2 unspecified atom stereocenters. The minimum atomic E-state index is -1.47. The molecule has 7 nitrogen and oxygen atoms in total. The quantitative estimate of drug-likeness (QED) is 0.376. The molecule has 0 radical (unpaired) electrons. The van der Waals surface area contributed by atoms with E-state index in [4.69, 9.17) is 9.73 Å². The number of ether oxygens (including phenoxy) is 1. The summed E-state index contributed by atoms with van der Waals surface area (Å²) in [5.41, 5.74) is 2.38. The summed E-state index contributed by atoms with van der Waals surface area (Å²) in [5, 5.41) is 13.4. The molecule has 0 saturated carbocycles. The van der Waals surface area contributed by atoms with Gasteiger partial charge in [0.15, 0.2) is 22.4 Å². The van der Waals surface area contributed by atoms with Crippen molar-refractivity contribution in [1.82, 2.24) is 4.31 Å². The van der Waals surface area contributed by atoms with Crippen molar-refractivity contribution in [3.8, 4) is 11.5 Å². The van der Waals surface area contributed by atoms with E-state index in [0.29, 0.717) is 22.2 Å². The predicted molar refractivity (Wildman–Crippen MR) is 143 cm³/mol. The van der Waals surface area contributed by atoms with Gasteiger partial charge in [-0.3, -0.25) is 13.9 Å². The molecule has 6 rings (SSSR count). The highest BCUT2D eigenvalue weighted by molar-refractivity contribution is 8.15. The second-order valence-electron chi connectivity index (χ2n) is 8.48. The van der Waals surface area contributed by atoms with E-state index in [-0.39, 0.29) is 28.4 Å². The van der Waals surface area contributed by atoms with Crippen LogP contribution in [0.1, 0.15) is 21.9 Å². The van der Waals surface area contributed by atoms with Gasteiger partial charge >= 0.3 is 0 Å². The number of hydrogen-bond acceptors (Lipinski definition) is 8. The maximum atomic E-state index is 13.4. The van der Waals surface area contributed by atoms with Crippen molar-refractivity contribution in [3.05, 3.63) is 95.6 Å². The fourth-order valence-corrected chi connectivity index (χ4v) is 7.17. The summed E-state index contributed by atoms with van der Waals surface area (Å²) in [4.78, 5) is 31.8. The lowest BCUT2D eigenvalue weighted by Gasteiger charge is -2.34. The highest BCUT2D eigenvalue weighted by atomic mass is 32.2. The number of amides is 1. The molecule has 180 valence electrons. The van der Waals surface area contributed by atoms with Gasteiger partial charge in [0.2, 0.25) is 5.54 Å². The number of thioether (sulfide) groups is 1. The van der Waals surface area contributed by atoms with Crippen molar-refractivity contribution >= 4 is 52.0 Å². The third kappa shape index (κ3) is 3.42. The van der Waals surface area contributed by atoms with E-state index < -0.39 is 5.54 Å². The summed E-state index contributed by atoms with van der Waals surface area (Å²) in [6, 6.07) is 22.4. The van der Waals surface area contributed by atoms with E-state index >= 15 is 0 Å². The van der Waals surface area contributed by atoms with Gasteiger partial charge in [-0.25, -0.2) is 4.99 Å². The van der Waals surface area contributed by atoms with Crippen LogP contribution in [0, 0.1) is 0 Å². The standard InChI is InChI=1S/C27H21N3O4S2/c1-34-22-13-17(11-12-21(22)31)23-14-20(16-7-3-2-4-8-16)29-26(36-23)30-27(24(32)15-35-30)18-9-5-6-10-19(18)28-25(27)33/h2-14,23,31H,15H2,1H3,(H,28,33). The normalized spacial score (nSPS) is 22.8. The highest BCUT2D eigenvalue weighted by Gasteiger charge is 2.62. The number of carbonyl (C=O) groups excluding carboxylic acids is 2. The molecule has 2 atom stereocenters. The zero-order chi connectivity index (χ0) is 24.9. The Bertz CT molecular complexity index is 1460. The number of methoxy groups -OCH3 is 1. The number of phenols is 1. The lowest BCUT2D eigenvalue weighted by Crippen LogP contribution is -2.51. The first-order chi connectivity index (χ1) is 17.5. The molecule has 3 aliphatic rings. The average molecular weight is 516 g/mol. The molecule has 2 N–H and O–H groups in total. The lowest BCUT2D eigenvalue weighted by atomic mass is 9.87. The summed E-state index contributed by atoms with van der Waals surface area (Å²) in [7, 11) is 1.51. The topological polar surface area (TPSA) is 91.2 Å². The Morgan fingerprint density at radius 1 is 1.08 bits per heavy atom. The molecule has 36 heavy (non-hydrogen) atoms. The van der Waals surface area contributed by atoms with Crippen LogP contribution < -0.4 is 10.1 Å². The SMILES string of the molecule is COc1cc(C2C=C(c3ccccc3)N=C(N3SCC(=O)C34C(=O)Nc3ccccc34)S2)ccc1O. The largest absolute Gasteiger partial charge is 0.504 e. The van der Waals surface area contributed by atoms with Crippen molar-refractivity contribution < 1.29 is 19.4 Å². The van der Waals surface area contributed by atoms with Crippen LogP contribution in [-0.4, -0.2) is 39.1 Å².